The highest BCUT2D eigenvalue weighted by Gasteiger charge is 2.11. The number of aliphatic imine (C=N–C) groups is 1. The highest BCUT2D eigenvalue weighted by atomic mass is 16.5. The molecule has 2 N–H and O–H groups in total. The molecule has 1 aromatic heterocycles. The van der Waals surface area contributed by atoms with Gasteiger partial charge in [0.1, 0.15) is 18.1 Å². The molecule has 176 valence electrons. The van der Waals surface area contributed by atoms with Gasteiger partial charge in [0.25, 0.3) is 0 Å². The van der Waals surface area contributed by atoms with Gasteiger partial charge in [0, 0.05) is 39.8 Å². The number of nitrogens with one attached hydrogen (secondary N) is 2. The minimum Gasteiger partial charge on any atom is -0.497 e. The molecule has 0 saturated carbocycles. The number of guanidine groups is 1. The number of hydrogen-bond acceptors (Lipinski definition) is 6. The number of ether oxygens (including phenoxy) is 2. The Morgan fingerprint density at radius 3 is 2.53 bits per heavy atom. The van der Waals surface area contributed by atoms with Gasteiger partial charge in [-0.25, -0.2) is 4.99 Å². The average Bonchev–Trinajstić information content (AvgIpc) is 3.15. The molecule has 0 radical (unpaired) electrons. The average molecular weight is 444 g/mol. The maximum absolute atomic E-state index is 5.43. The molecule has 9 heteroatoms. The van der Waals surface area contributed by atoms with Gasteiger partial charge >= 0.3 is 0 Å². The predicted molar refractivity (Wildman–Crippen MR) is 126 cm³/mol. The van der Waals surface area contributed by atoms with Crippen molar-refractivity contribution in [3.63, 3.8) is 0 Å². The van der Waals surface area contributed by atoms with E-state index in [0.29, 0.717) is 12.5 Å². The van der Waals surface area contributed by atoms with Crippen LogP contribution in [-0.4, -0.2) is 78.7 Å². The van der Waals surface area contributed by atoms with Crippen molar-refractivity contribution in [1.82, 2.24) is 30.3 Å². The molecule has 32 heavy (non-hydrogen) atoms. The van der Waals surface area contributed by atoms with E-state index in [4.69, 9.17) is 14.5 Å². The van der Waals surface area contributed by atoms with E-state index >= 15 is 0 Å². The van der Waals surface area contributed by atoms with Crippen LogP contribution in [0.1, 0.15) is 36.5 Å². The number of benzene rings is 1. The Hall–Kier alpha value is -2.65. The van der Waals surface area contributed by atoms with Gasteiger partial charge in [0.15, 0.2) is 11.8 Å². The lowest BCUT2D eigenvalue weighted by molar-refractivity contribution is 0.0389. The van der Waals surface area contributed by atoms with Crippen molar-refractivity contribution in [3.8, 4) is 5.75 Å². The standard InChI is InChI=1S/C23H37N7O2/c1-18(20-5-7-21(31-4)8-6-20)9-10-24-23(25-11-12-30-13-15-32-16-14-30)26-17-22-28-27-19(2)29(22)3/h5-8,18H,9-17H2,1-4H3,(H2,24,25,26). The van der Waals surface area contributed by atoms with Crippen molar-refractivity contribution >= 4 is 5.96 Å². The van der Waals surface area contributed by atoms with E-state index in [0.717, 1.165) is 75.7 Å². The largest absolute Gasteiger partial charge is 0.497 e. The molecule has 0 amide bonds. The smallest absolute Gasteiger partial charge is 0.191 e. The Morgan fingerprint density at radius 2 is 1.88 bits per heavy atom. The second kappa shape index (κ2) is 12.4. The van der Waals surface area contributed by atoms with Crippen LogP contribution in [0, 0.1) is 6.92 Å². The van der Waals surface area contributed by atoms with Crippen molar-refractivity contribution in [2.75, 3.05) is 53.0 Å². The molecule has 1 fully saturated rings. The first kappa shape index (κ1) is 24.0. The zero-order chi connectivity index (χ0) is 22.8. The number of aryl methyl sites for hydroxylation is 1. The van der Waals surface area contributed by atoms with Gasteiger partial charge in [-0.15, -0.1) is 10.2 Å². The fraction of sp³-hybridized carbons (Fsp3) is 0.609. The van der Waals surface area contributed by atoms with Crippen LogP contribution in [0.15, 0.2) is 29.3 Å². The fourth-order valence-corrected chi connectivity index (χ4v) is 3.58. The summed E-state index contributed by atoms with van der Waals surface area (Å²) >= 11 is 0. The van der Waals surface area contributed by atoms with Crippen LogP contribution in [0.2, 0.25) is 0 Å². The second-order valence-electron chi connectivity index (χ2n) is 8.16. The summed E-state index contributed by atoms with van der Waals surface area (Å²) in [6.07, 6.45) is 1.000. The van der Waals surface area contributed by atoms with E-state index in [2.05, 4.69) is 44.8 Å². The van der Waals surface area contributed by atoms with Crippen molar-refractivity contribution < 1.29 is 9.47 Å². The number of methoxy groups -OCH3 is 1. The molecule has 1 unspecified atom stereocenters. The zero-order valence-electron chi connectivity index (χ0n) is 19.8. The summed E-state index contributed by atoms with van der Waals surface area (Å²) in [4.78, 5) is 7.16. The highest BCUT2D eigenvalue weighted by Crippen LogP contribution is 2.21. The lowest BCUT2D eigenvalue weighted by atomic mass is 9.98. The van der Waals surface area contributed by atoms with Gasteiger partial charge in [-0.2, -0.15) is 0 Å². The molecular formula is C23H37N7O2. The van der Waals surface area contributed by atoms with Crippen LogP contribution in [-0.2, 0) is 18.3 Å². The van der Waals surface area contributed by atoms with E-state index in [9.17, 15) is 0 Å². The summed E-state index contributed by atoms with van der Waals surface area (Å²) in [5.41, 5.74) is 1.31. The SMILES string of the molecule is COc1ccc(C(C)CCNC(=NCc2nnc(C)n2C)NCCN2CCOCC2)cc1. The Bertz CT molecular complexity index is 845. The second-order valence-corrected chi connectivity index (χ2v) is 8.16. The Balaban J connectivity index is 1.52. The number of aromatic nitrogens is 3. The van der Waals surface area contributed by atoms with Crippen molar-refractivity contribution in [2.45, 2.75) is 32.7 Å². The van der Waals surface area contributed by atoms with Crippen LogP contribution in [0.4, 0.5) is 0 Å². The molecule has 1 aliphatic heterocycles. The molecule has 0 bridgehead atoms. The lowest BCUT2D eigenvalue weighted by Gasteiger charge is -2.26. The van der Waals surface area contributed by atoms with Crippen LogP contribution in [0.25, 0.3) is 0 Å². The third kappa shape index (κ3) is 7.20. The first-order chi connectivity index (χ1) is 15.6. The van der Waals surface area contributed by atoms with E-state index in [1.54, 1.807) is 7.11 Å². The normalized spacial score (nSPS) is 16.1. The molecule has 1 saturated heterocycles. The van der Waals surface area contributed by atoms with Crippen molar-refractivity contribution in [2.24, 2.45) is 12.0 Å². The number of morpholine rings is 1. The third-order valence-electron chi connectivity index (χ3n) is 5.94. The van der Waals surface area contributed by atoms with Gasteiger partial charge < -0.3 is 24.7 Å². The molecule has 0 aliphatic carbocycles. The summed E-state index contributed by atoms with van der Waals surface area (Å²) in [6.45, 7) is 10.9. The van der Waals surface area contributed by atoms with Crippen LogP contribution in [0.5, 0.6) is 5.75 Å². The third-order valence-corrected chi connectivity index (χ3v) is 5.94. The molecule has 0 spiro atoms. The number of rotatable bonds is 10. The van der Waals surface area contributed by atoms with Crippen LogP contribution >= 0.6 is 0 Å². The predicted octanol–water partition coefficient (Wildman–Crippen LogP) is 1.69. The van der Waals surface area contributed by atoms with Crippen LogP contribution in [0.3, 0.4) is 0 Å². The number of nitrogens with zero attached hydrogens (tertiary/aromatic N) is 5. The molecule has 9 nitrogen and oxygen atoms in total. The Kier molecular flexibility index (Phi) is 9.30. The molecule has 1 atom stereocenters. The summed E-state index contributed by atoms with van der Waals surface area (Å²) in [5, 5.41) is 15.3. The first-order valence-electron chi connectivity index (χ1n) is 11.4. The molecule has 2 aromatic rings. The Morgan fingerprint density at radius 1 is 1.16 bits per heavy atom. The van der Waals surface area contributed by atoms with E-state index in [-0.39, 0.29) is 0 Å². The highest BCUT2D eigenvalue weighted by molar-refractivity contribution is 5.79. The van der Waals surface area contributed by atoms with Gasteiger partial charge in [0.2, 0.25) is 0 Å². The zero-order valence-corrected chi connectivity index (χ0v) is 19.8. The maximum atomic E-state index is 5.43. The minimum atomic E-state index is 0.435. The summed E-state index contributed by atoms with van der Waals surface area (Å²) in [6, 6.07) is 8.30. The molecule has 2 heterocycles. The first-order valence-corrected chi connectivity index (χ1v) is 11.4. The van der Waals surface area contributed by atoms with Crippen molar-refractivity contribution in [1.29, 1.82) is 0 Å². The van der Waals surface area contributed by atoms with Gasteiger partial charge in [-0.3, -0.25) is 4.90 Å². The lowest BCUT2D eigenvalue weighted by Crippen LogP contribution is -2.44. The summed E-state index contributed by atoms with van der Waals surface area (Å²) in [5.74, 6) is 3.86. The van der Waals surface area contributed by atoms with E-state index < -0.39 is 0 Å². The summed E-state index contributed by atoms with van der Waals surface area (Å²) < 4.78 is 12.7. The quantitative estimate of drug-likeness (QED) is 0.427. The van der Waals surface area contributed by atoms with Gasteiger partial charge in [0.05, 0.1) is 20.3 Å². The maximum Gasteiger partial charge on any atom is 0.191 e. The van der Waals surface area contributed by atoms with Crippen LogP contribution < -0.4 is 15.4 Å². The van der Waals surface area contributed by atoms with E-state index in [1.807, 2.05) is 30.7 Å². The van der Waals surface area contributed by atoms with Gasteiger partial charge in [-0.1, -0.05) is 19.1 Å². The molecule has 1 aliphatic rings. The number of hydrogen-bond donors (Lipinski definition) is 2. The molecule has 3 rings (SSSR count). The van der Waals surface area contributed by atoms with E-state index in [1.165, 1.54) is 5.56 Å². The topological polar surface area (TPSA) is 88.8 Å². The Labute approximate surface area is 191 Å². The molecule has 1 aromatic carbocycles. The fourth-order valence-electron chi connectivity index (χ4n) is 3.58. The monoisotopic (exact) mass is 443 g/mol. The van der Waals surface area contributed by atoms with Crippen molar-refractivity contribution in [3.05, 3.63) is 41.5 Å². The molecular weight excluding hydrogens is 406 g/mol. The summed E-state index contributed by atoms with van der Waals surface area (Å²) in [7, 11) is 3.66. The van der Waals surface area contributed by atoms with Gasteiger partial charge in [-0.05, 0) is 37.0 Å². The minimum absolute atomic E-state index is 0.435.